The number of rotatable bonds is 6. The first-order valence-electron chi connectivity index (χ1n) is 9.25. The summed E-state index contributed by atoms with van der Waals surface area (Å²) in [5.41, 5.74) is 8.57. The van der Waals surface area contributed by atoms with E-state index < -0.39 is 0 Å². The Labute approximate surface area is 159 Å². The molecule has 3 rings (SSSR count). The van der Waals surface area contributed by atoms with E-state index in [1.165, 1.54) is 0 Å². The fourth-order valence-corrected chi connectivity index (χ4v) is 3.24. The summed E-state index contributed by atoms with van der Waals surface area (Å²) >= 11 is 0. The Morgan fingerprint density at radius 3 is 2.56 bits per heavy atom. The third-order valence-corrected chi connectivity index (χ3v) is 4.69. The van der Waals surface area contributed by atoms with Crippen LogP contribution in [0.5, 0.6) is 5.75 Å². The molecule has 2 aromatic rings. The number of nitrogens with zero attached hydrogens (tertiary/aromatic N) is 1. The van der Waals surface area contributed by atoms with E-state index in [2.05, 4.69) is 15.6 Å². The highest BCUT2D eigenvalue weighted by molar-refractivity contribution is 5.93. The highest BCUT2D eigenvalue weighted by atomic mass is 16.5. The molecule has 1 aliphatic carbocycles. The maximum atomic E-state index is 12.3. The number of nitrogens with two attached hydrogens (primary N) is 1. The molecule has 1 aliphatic rings. The van der Waals surface area contributed by atoms with Gasteiger partial charge in [-0.15, -0.1) is 0 Å². The van der Waals surface area contributed by atoms with Crippen molar-refractivity contribution in [2.75, 3.05) is 17.7 Å². The van der Waals surface area contributed by atoms with E-state index in [4.69, 9.17) is 10.5 Å². The van der Waals surface area contributed by atoms with Crippen LogP contribution >= 0.6 is 0 Å². The number of carbonyl (C=O) groups is 1. The van der Waals surface area contributed by atoms with E-state index in [1.807, 2.05) is 48.5 Å². The van der Waals surface area contributed by atoms with Gasteiger partial charge in [-0.1, -0.05) is 31.0 Å². The number of nitrogens with one attached hydrogen (secondary N) is 2. The van der Waals surface area contributed by atoms with Gasteiger partial charge >= 0.3 is 0 Å². The molecular formula is C21H26N4O2. The van der Waals surface area contributed by atoms with Crippen molar-refractivity contribution in [3.8, 4) is 5.75 Å². The second kappa shape index (κ2) is 9.07. The van der Waals surface area contributed by atoms with Crippen molar-refractivity contribution in [1.29, 1.82) is 0 Å². The second-order valence-electron chi connectivity index (χ2n) is 6.73. The van der Waals surface area contributed by atoms with Crippen LogP contribution in [0.15, 0.2) is 53.5 Å². The zero-order valence-corrected chi connectivity index (χ0v) is 15.6. The summed E-state index contributed by atoms with van der Waals surface area (Å²) in [5, 5.41) is 6.06. The molecule has 0 atom stereocenters. The van der Waals surface area contributed by atoms with E-state index in [0.29, 0.717) is 12.5 Å². The first kappa shape index (κ1) is 18.8. The molecule has 0 aliphatic heterocycles. The summed E-state index contributed by atoms with van der Waals surface area (Å²) in [7, 11) is 1.62. The standard InChI is InChI=1S/C21H26N4O2/c1-27-19-11-5-10-18(13-19)25-21(22)23-14-15-6-4-9-17(12-15)24-20(26)16-7-2-3-8-16/h4-6,9-13,16H,2-3,7-8,14H2,1H3,(H,24,26)(H3,22,23,25). The number of ether oxygens (including phenoxy) is 1. The second-order valence-corrected chi connectivity index (χ2v) is 6.73. The van der Waals surface area contributed by atoms with Crippen molar-refractivity contribution < 1.29 is 9.53 Å². The zero-order valence-electron chi connectivity index (χ0n) is 15.6. The van der Waals surface area contributed by atoms with E-state index in [-0.39, 0.29) is 11.8 Å². The molecule has 0 radical (unpaired) electrons. The Bertz CT molecular complexity index is 813. The van der Waals surface area contributed by atoms with Gasteiger partial charge in [0.2, 0.25) is 5.91 Å². The van der Waals surface area contributed by atoms with Crippen molar-refractivity contribution in [3.05, 3.63) is 54.1 Å². The van der Waals surface area contributed by atoms with Gasteiger partial charge in [0.1, 0.15) is 5.75 Å². The number of methoxy groups -OCH3 is 1. The lowest BCUT2D eigenvalue weighted by molar-refractivity contribution is -0.119. The molecule has 1 fully saturated rings. The van der Waals surface area contributed by atoms with Gasteiger partial charge in [-0.3, -0.25) is 4.79 Å². The molecule has 1 saturated carbocycles. The number of anilines is 2. The fraction of sp³-hybridized carbons (Fsp3) is 0.333. The SMILES string of the molecule is COc1cccc(NC(N)=NCc2cccc(NC(=O)C3CCCC3)c2)c1. The fourth-order valence-electron chi connectivity index (χ4n) is 3.24. The third kappa shape index (κ3) is 5.48. The smallest absolute Gasteiger partial charge is 0.227 e. The predicted octanol–water partition coefficient (Wildman–Crippen LogP) is 3.75. The monoisotopic (exact) mass is 366 g/mol. The molecule has 6 nitrogen and oxygen atoms in total. The maximum absolute atomic E-state index is 12.3. The van der Waals surface area contributed by atoms with Gasteiger partial charge in [0, 0.05) is 23.4 Å². The largest absolute Gasteiger partial charge is 0.497 e. The summed E-state index contributed by atoms with van der Waals surface area (Å²) in [6, 6.07) is 15.2. The van der Waals surface area contributed by atoms with Crippen LogP contribution in [0.2, 0.25) is 0 Å². The van der Waals surface area contributed by atoms with E-state index in [0.717, 1.165) is 48.4 Å². The minimum absolute atomic E-state index is 0.118. The van der Waals surface area contributed by atoms with Crippen LogP contribution in [0.3, 0.4) is 0 Å². The molecule has 27 heavy (non-hydrogen) atoms. The predicted molar refractivity (Wildman–Crippen MR) is 109 cm³/mol. The molecule has 1 amide bonds. The molecule has 142 valence electrons. The Hall–Kier alpha value is -3.02. The molecule has 6 heteroatoms. The number of hydrogen-bond donors (Lipinski definition) is 3. The van der Waals surface area contributed by atoms with Gasteiger partial charge in [0.15, 0.2) is 5.96 Å². The van der Waals surface area contributed by atoms with E-state index >= 15 is 0 Å². The van der Waals surface area contributed by atoms with Crippen molar-refractivity contribution in [1.82, 2.24) is 0 Å². The molecule has 4 N–H and O–H groups in total. The Morgan fingerprint density at radius 1 is 1.11 bits per heavy atom. The van der Waals surface area contributed by atoms with Crippen molar-refractivity contribution in [2.45, 2.75) is 32.2 Å². The maximum Gasteiger partial charge on any atom is 0.227 e. The van der Waals surface area contributed by atoms with Gasteiger partial charge in [0.25, 0.3) is 0 Å². The summed E-state index contributed by atoms with van der Waals surface area (Å²) < 4.78 is 5.19. The number of hydrogen-bond acceptors (Lipinski definition) is 3. The Balaban J connectivity index is 1.58. The Morgan fingerprint density at radius 2 is 1.81 bits per heavy atom. The van der Waals surface area contributed by atoms with Crippen LogP contribution in [-0.2, 0) is 11.3 Å². The van der Waals surface area contributed by atoms with Crippen LogP contribution in [0.1, 0.15) is 31.2 Å². The van der Waals surface area contributed by atoms with E-state index in [1.54, 1.807) is 7.11 Å². The van der Waals surface area contributed by atoms with Gasteiger partial charge in [0.05, 0.1) is 13.7 Å². The minimum Gasteiger partial charge on any atom is -0.497 e. The Kier molecular flexibility index (Phi) is 6.30. The van der Waals surface area contributed by atoms with Gasteiger partial charge in [-0.25, -0.2) is 4.99 Å². The van der Waals surface area contributed by atoms with Crippen LogP contribution in [0.25, 0.3) is 0 Å². The number of benzene rings is 2. The highest BCUT2D eigenvalue weighted by Crippen LogP contribution is 2.26. The van der Waals surface area contributed by atoms with Gasteiger partial charge in [-0.2, -0.15) is 0 Å². The molecule has 0 saturated heterocycles. The van der Waals surface area contributed by atoms with Gasteiger partial charge in [-0.05, 0) is 42.7 Å². The molecule has 0 unspecified atom stereocenters. The lowest BCUT2D eigenvalue weighted by atomic mass is 10.1. The lowest BCUT2D eigenvalue weighted by Gasteiger charge is -2.11. The quantitative estimate of drug-likeness (QED) is 0.536. The summed E-state index contributed by atoms with van der Waals surface area (Å²) in [5.74, 6) is 1.34. The number of guanidine groups is 1. The third-order valence-electron chi connectivity index (χ3n) is 4.69. The summed E-state index contributed by atoms with van der Waals surface area (Å²) in [4.78, 5) is 16.6. The molecule has 0 spiro atoms. The first-order valence-corrected chi connectivity index (χ1v) is 9.25. The van der Waals surface area contributed by atoms with Crippen molar-refractivity contribution in [3.63, 3.8) is 0 Å². The van der Waals surface area contributed by atoms with E-state index in [9.17, 15) is 4.79 Å². The highest BCUT2D eigenvalue weighted by Gasteiger charge is 2.22. The average Bonchev–Trinajstić information content (AvgIpc) is 3.22. The lowest BCUT2D eigenvalue weighted by Crippen LogP contribution is -2.22. The molecule has 0 bridgehead atoms. The van der Waals surface area contributed by atoms with Crippen molar-refractivity contribution >= 4 is 23.2 Å². The first-order chi connectivity index (χ1) is 13.1. The molecule has 2 aromatic carbocycles. The normalized spacial score (nSPS) is 14.8. The van der Waals surface area contributed by atoms with Crippen molar-refractivity contribution in [2.24, 2.45) is 16.6 Å². The number of aliphatic imine (C=N–C) groups is 1. The van der Waals surface area contributed by atoms with Crippen LogP contribution in [0, 0.1) is 5.92 Å². The minimum atomic E-state index is 0.118. The van der Waals surface area contributed by atoms with Crippen LogP contribution < -0.4 is 21.1 Å². The molecular weight excluding hydrogens is 340 g/mol. The average molecular weight is 366 g/mol. The van der Waals surface area contributed by atoms with Crippen LogP contribution in [-0.4, -0.2) is 19.0 Å². The summed E-state index contributed by atoms with van der Waals surface area (Å²) in [6.45, 7) is 0.427. The molecule has 0 heterocycles. The number of amides is 1. The number of carbonyl (C=O) groups excluding carboxylic acids is 1. The van der Waals surface area contributed by atoms with Gasteiger partial charge < -0.3 is 21.1 Å². The topological polar surface area (TPSA) is 88.7 Å². The van der Waals surface area contributed by atoms with Crippen LogP contribution in [0.4, 0.5) is 11.4 Å². The molecule has 0 aromatic heterocycles. The summed E-state index contributed by atoms with van der Waals surface area (Å²) in [6.07, 6.45) is 4.27. The zero-order chi connectivity index (χ0) is 19.1.